The summed E-state index contributed by atoms with van der Waals surface area (Å²) in [5.41, 5.74) is -2.45. The van der Waals surface area contributed by atoms with E-state index in [0.29, 0.717) is 0 Å². The quantitative estimate of drug-likeness (QED) is 0.194. The van der Waals surface area contributed by atoms with Crippen molar-refractivity contribution in [2.75, 3.05) is 6.61 Å². The minimum Gasteiger partial charge on any atom is -0.457 e. The fourth-order valence-corrected chi connectivity index (χ4v) is 2.53. The van der Waals surface area contributed by atoms with Crippen molar-refractivity contribution >= 4 is 21.8 Å². The lowest BCUT2D eigenvalue weighted by molar-refractivity contribution is -0.424. The molecule has 1 aromatic rings. The van der Waals surface area contributed by atoms with Gasteiger partial charge in [-0.1, -0.05) is 42.1 Å². The van der Waals surface area contributed by atoms with Crippen LogP contribution in [0, 0.1) is 0 Å². The van der Waals surface area contributed by atoms with Crippen molar-refractivity contribution in [2.24, 2.45) is 5.16 Å². The Bertz CT molecular complexity index is 925. The normalized spacial score (nSPS) is 20.3. The lowest BCUT2D eigenvalue weighted by Crippen LogP contribution is -2.56. The summed E-state index contributed by atoms with van der Waals surface area (Å²) in [6.45, 7) is 3.94. The molecule has 0 aliphatic carbocycles. The van der Waals surface area contributed by atoms with Gasteiger partial charge in [0.1, 0.15) is 6.61 Å². The van der Waals surface area contributed by atoms with Gasteiger partial charge in [-0.2, -0.15) is 30.4 Å². The number of carbonyl (C=O) groups is 1. The van der Waals surface area contributed by atoms with E-state index in [1.165, 1.54) is 25.1 Å². The van der Waals surface area contributed by atoms with Crippen molar-refractivity contribution in [3.05, 3.63) is 48.0 Å². The zero-order valence-electron chi connectivity index (χ0n) is 15.1. The van der Waals surface area contributed by atoms with Crippen molar-refractivity contribution in [3.63, 3.8) is 0 Å². The predicted molar refractivity (Wildman–Crippen MR) is 89.5 cm³/mol. The van der Waals surface area contributed by atoms with E-state index in [-0.39, 0.29) is 5.57 Å². The Morgan fingerprint density at radius 1 is 1.17 bits per heavy atom. The maximum Gasteiger partial charge on any atom is 0.437 e. The summed E-state index contributed by atoms with van der Waals surface area (Å²) in [5.74, 6) is -0.872. The van der Waals surface area contributed by atoms with E-state index < -0.39 is 58.0 Å². The van der Waals surface area contributed by atoms with E-state index in [2.05, 4.69) is 30.2 Å². The van der Waals surface area contributed by atoms with Gasteiger partial charge in [-0.3, -0.25) is 4.28 Å². The second kappa shape index (κ2) is 8.65. The van der Waals surface area contributed by atoms with Gasteiger partial charge in [-0.25, -0.2) is 4.79 Å². The van der Waals surface area contributed by atoms with Crippen LogP contribution in [0.25, 0.3) is 0 Å². The van der Waals surface area contributed by atoms with Crippen LogP contribution < -0.4 is 0 Å². The van der Waals surface area contributed by atoms with Gasteiger partial charge in [0.2, 0.25) is 6.29 Å². The third-order valence-electron chi connectivity index (χ3n) is 3.40. The molecule has 1 heterocycles. The zero-order chi connectivity index (χ0) is 22.7. The molecule has 0 unspecified atom stereocenters. The van der Waals surface area contributed by atoms with E-state index in [4.69, 9.17) is 0 Å². The molecule has 0 atom stereocenters. The number of hydrogen-bond acceptors (Lipinski definition) is 8. The van der Waals surface area contributed by atoms with E-state index in [1.54, 1.807) is 0 Å². The number of nitrogens with zero attached hydrogens (tertiary/aromatic N) is 1. The molecule has 30 heavy (non-hydrogen) atoms. The highest BCUT2D eigenvalue weighted by Gasteiger charge is 2.62. The number of esters is 1. The van der Waals surface area contributed by atoms with Crippen LogP contribution in [-0.2, 0) is 33.4 Å². The van der Waals surface area contributed by atoms with E-state index >= 15 is 0 Å². The number of rotatable bonds is 8. The predicted octanol–water partition coefficient (Wildman–Crippen LogP) is 2.71. The topological polar surface area (TPSA) is 100 Å². The highest BCUT2D eigenvalue weighted by Crippen LogP contribution is 2.37. The van der Waals surface area contributed by atoms with E-state index in [9.17, 15) is 35.2 Å². The van der Waals surface area contributed by atoms with Gasteiger partial charge in [0.25, 0.3) is 0 Å². The number of benzene rings is 1. The van der Waals surface area contributed by atoms with Crippen LogP contribution in [0.4, 0.5) is 22.0 Å². The Hall–Kier alpha value is -2.58. The van der Waals surface area contributed by atoms with Gasteiger partial charge in [0, 0.05) is 11.1 Å². The molecule has 1 saturated heterocycles. The molecular formula is C16H14F5NO7S. The molecule has 0 bridgehead atoms. The van der Waals surface area contributed by atoms with E-state index in [1.807, 2.05) is 0 Å². The second-order valence-corrected chi connectivity index (χ2v) is 7.41. The summed E-state index contributed by atoms with van der Waals surface area (Å²) in [7, 11) is -6.04. The average Bonchev–Trinajstić information content (AvgIpc) is 2.59. The van der Waals surface area contributed by atoms with Crippen molar-refractivity contribution in [3.8, 4) is 0 Å². The van der Waals surface area contributed by atoms with Gasteiger partial charge < -0.3 is 14.2 Å². The highest BCUT2D eigenvalue weighted by atomic mass is 32.2. The summed E-state index contributed by atoms with van der Waals surface area (Å²) in [4.78, 5) is 11.2. The zero-order valence-corrected chi connectivity index (χ0v) is 15.9. The number of ether oxygens (including phenoxy) is 3. The van der Waals surface area contributed by atoms with Crippen LogP contribution in [-0.4, -0.2) is 50.7 Å². The molecule has 0 saturated carbocycles. The van der Waals surface area contributed by atoms with E-state index in [0.717, 1.165) is 12.1 Å². The van der Waals surface area contributed by atoms with Crippen LogP contribution >= 0.6 is 0 Å². The molecule has 2 rings (SSSR count). The molecule has 14 heteroatoms. The van der Waals surface area contributed by atoms with Gasteiger partial charge in [0.05, 0.1) is 0 Å². The van der Waals surface area contributed by atoms with Gasteiger partial charge >= 0.3 is 27.5 Å². The summed E-state index contributed by atoms with van der Waals surface area (Å²) in [5, 5.41) is -2.54. The van der Waals surface area contributed by atoms with Crippen LogP contribution in [0.5, 0.6) is 0 Å². The third kappa shape index (κ3) is 5.31. The van der Waals surface area contributed by atoms with Crippen molar-refractivity contribution in [2.45, 2.75) is 30.9 Å². The fourth-order valence-electron chi connectivity index (χ4n) is 1.91. The van der Waals surface area contributed by atoms with Gasteiger partial charge in [-0.15, -0.1) is 0 Å². The minimum atomic E-state index is -6.04. The monoisotopic (exact) mass is 459 g/mol. The fraction of sp³-hybridized carbons (Fsp3) is 0.375. The second-order valence-electron chi connectivity index (χ2n) is 5.81. The standard InChI is InChI=1S/C16H14F5NO7S/c1-9(2)13(23)26-8-11-27-14(28-11)16(20,21)30(24,25)29-22-12(15(17,18)19)10-6-4-3-5-7-10/h3-7,11,14H,1,8H2,2H3/b22-12-. The summed E-state index contributed by atoms with van der Waals surface area (Å²) in [6, 6.07) is 5.61. The first kappa shape index (κ1) is 23.7. The summed E-state index contributed by atoms with van der Waals surface area (Å²) < 4.78 is 108. The molecule has 0 radical (unpaired) electrons. The van der Waals surface area contributed by atoms with Crippen LogP contribution in [0.2, 0.25) is 0 Å². The molecular weight excluding hydrogens is 445 g/mol. The number of alkyl halides is 5. The SMILES string of the molecule is C=C(C)C(=O)OCC1OC(C(F)(F)S(=O)(=O)O/N=C(/c2ccccc2)C(F)(F)F)O1. The molecule has 1 aromatic carbocycles. The van der Waals surface area contributed by atoms with Crippen molar-refractivity contribution in [1.29, 1.82) is 0 Å². The Labute approximate surface area is 167 Å². The average molecular weight is 459 g/mol. The molecule has 0 aromatic heterocycles. The Morgan fingerprint density at radius 2 is 1.73 bits per heavy atom. The maximum absolute atomic E-state index is 14.1. The maximum atomic E-state index is 14.1. The summed E-state index contributed by atoms with van der Waals surface area (Å²) in [6.07, 6.45) is -9.43. The molecule has 1 aliphatic rings. The van der Waals surface area contributed by atoms with Crippen molar-refractivity contribution < 1.29 is 53.7 Å². The van der Waals surface area contributed by atoms with Crippen LogP contribution in [0.15, 0.2) is 47.6 Å². The minimum absolute atomic E-state index is 0.00364. The van der Waals surface area contributed by atoms with Gasteiger partial charge in [-0.05, 0) is 6.92 Å². The molecule has 0 amide bonds. The Kier molecular flexibility index (Phi) is 6.83. The Morgan fingerprint density at radius 3 is 2.23 bits per heavy atom. The number of oxime groups is 1. The molecule has 1 fully saturated rings. The molecule has 1 aliphatic heterocycles. The third-order valence-corrected chi connectivity index (χ3v) is 4.53. The summed E-state index contributed by atoms with van der Waals surface area (Å²) >= 11 is 0. The number of halogens is 5. The largest absolute Gasteiger partial charge is 0.457 e. The molecule has 0 N–H and O–H groups in total. The van der Waals surface area contributed by atoms with Crippen molar-refractivity contribution in [1.82, 2.24) is 0 Å². The lowest BCUT2D eigenvalue weighted by Gasteiger charge is -2.38. The Balaban J connectivity index is 2.08. The number of hydrogen-bond donors (Lipinski definition) is 0. The molecule has 8 nitrogen and oxygen atoms in total. The smallest absolute Gasteiger partial charge is 0.437 e. The van der Waals surface area contributed by atoms with Gasteiger partial charge in [0.15, 0.2) is 12.0 Å². The first-order chi connectivity index (χ1) is 13.8. The highest BCUT2D eigenvalue weighted by molar-refractivity contribution is 7.87. The number of carbonyl (C=O) groups excluding carboxylic acids is 1. The lowest BCUT2D eigenvalue weighted by atomic mass is 10.1. The first-order valence-corrected chi connectivity index (χ1v) is 9.31. The van der Waals surface area contributed by atoms with Crippen LogP contribution in [0.1, 0.15) is 12.5 Å². The first-order valence-electron chi connectivity index (χ1n) is 7.91. The van der Waals surface area contributed by atoms with Crippen LogP contribution in [0.3, 0.4) is 0 Å². The molecule has 166 valence electrons. The molecule has 0 spiro atoms.